The Kier molecular flexibility index (Phi) is 9.18. The van der Waals surface area contributed by atoms with E-state index in [4.69, 9.17) is 16.6 Å². The van der Waals surface area contributed by atoms with Crippen LogP contribution in [-0.2, 0) is 19.2 Å². The highest BCUT2D eigenvalue weighted by atomic mass is 32.2. The Morgan fingerprint density at radius 1 is 1.18 bits per heavy atom. The fourth-order valence-corrected chi connectivity index (χ4v) is 1.94. The van der Waals surface area contributed by atoms with Crippen LogP contribution in [0.3, 0.4) is 0 Å². The van der Waals surface area contributed by atoms with E-state index in [0.29, 0.717) is 12.2 Å². The van der Waals surface area contributed by atoms with Crippen molar-refractivity contribution >= 4 is 35.5 Å². The highest BCUT2D eigenvalue weighted by Crippen LogP contribution is 2.03. The second-order valence-corrected chi connectivity index (χ2v) is 5.67. The van der Waals surface area contributed by atoms with Crippen LogP contribution < -0.4 is 22.1 Å². The Hall–Kier alpha value is -1.81. The summed E-state index contributed by atoms with van der Waals surface area (Å²) < 4.78 is 0. The predicted molar refractivity (Wildman–Crippen MR) is 82.0 cm³/mol. The van der Waals surface area contributed by atoms with Crippen LogP contribution in [0.15, 0.2) is 0 Å². The highest BCUT2D eigenvalue weighted by molar-refractivity contribution is 7.98. The first-order valence-corrected chi connectivity index (χ1v) is 7.94. The molecule has 7 N–H and O–H groups in total. The van der Waals surface area contributed by atoms with Crippen LogP contribution in [0.4, 0.5) is 0 Å². The number of thioether (sulfide) groups is 1. The van der Waals surface area contributed by atoms with Gasteiger partial charge in [-0.15, -0.1) is 0 Å². The molecule has 0 saturated carbocycles. The summed E-state index contributed by atoms with van der Waals surface area (Å²) in [4.78, 5) is 45.3. The van der Waals surface area contributed by atoms with Crippen molar-refractivity contribution in [2.45, 2.75) is 37.9 Å². The third-order valence-electron chi connectivity index (χ3n) is 2.73. The van der Waals surface area contributed by atoms with E-state index in [1.807, 2.05) is 6.26 Å². The molecule has 0 rings (SSSR count). The third-order valence-corrected chi connectivity index (χ3v) is 3.37. The predicted octanol–water partition coefficient (Wildman–Crippen LogP) is -1.98. The molecule has 0 aromatic carbocycles. The number of rotatable bonds is 10. The van der Waals surface area contributed by atoms with Crippen LogP contribution in [0.25, 0.3) is 0 Å². The van der Waals surface area contributed by atoms with Gasteiger partial charge in [-0.25, -0.2) is 0 Å². The molecule has 3 amide bonds. The SMILES string of the molecule is CSCCC(NC(=O)C(N)CC(N)=O)C(=O)NC(C)C(=O)O. The first-order valence-electron chi connectivity index (χ1n) is 6.55. The monoisotopic (exact) mass is 334 g/mol. The average Bonchev–Trinajstić information content (AvgIpc) is 2.41. The van der Waals surface area contributed by atoms with E-state index in [1.54, 1.807) is 0 Å². The first-order chi connectivity index (χ1) is 10.2. The zero-order valence-electron chi connectivity index (χ0n) is 12.5. The molecule has 10 heteroatoms. The number of amides is 3. The van der Waals surface area contributed by atoms with Gasteiger partial charge in [0.15, 0.2) is 0 Å². The third kappa shape index (κ3) is 7.84. The van der Waals surface area contributed by atoms with Gasteiger partial charge in [-0.05, 0) is 25.4 Å². The summed E-state index contributed by atoms with van der Waals surface area (Å²) in [6, 6.07) is -3.17. The van der Waals surface area contributed by atoms with Gasteiger partial charge in [0.1, 0.15) is 12.1 Å². The molecule has 0 fully saturated rings. The van der Waals surface area contributed by atoms with Crippen LogP contribution >= 0.6 is 11.8 Å². The number of carboxylic acid groups (broad SMARTS) is 1. The van der Waals surface area contributed by atoms with Gasteiger partial charge in [0, 0.05) is 0 Å². The van der Waals surface area contributed by atoms with Gasteiger partial charge in [-0.3, -0.25) is 19.2 Å². The molecule has 3 atom stereocenters. The van der Waals surface area contributed by atoms with Crippen molar-refractivity contribution in [2.24, 2.45) is 11.5 Å². The summed E-state index contributed by atoms with van der Waals surface area (Å²) >= 11 is 1.47. The standard InChI is InChI=1S/C12H22N4O5S/c1-6(12(20)21)15-11(19)8(3-4-22-2)16-10(18)7(13)5-9(14)17/h6-8H,3-5,13H2,1-2H3,(H2,14,17)(H,15,19)(H,16,18)(H,20,21). The number of hydrogen-bond acceptors (Lipinski definition) is 6. The van der Waals surface area contributed by atoms with E-state index >= 15 is 0 Å². The lowest BCUT2D eigenvalue weighted by Crippen LogP contribution is -2.54. The smallest absolute Gasteiger partial charge is 0.325 e. The van der Waals surface area contributed by atoms with Crippen LogP contribution in [0.1, 0.15) is 19.8 Å². The Balaban J connectivity index is 4.75. The van der Waals surface area contributed by atoms with Crippen molar-refractivity contribution in [1.29, 1.82) is 0 Å². The number of carbonyl (C=O) groups is 4. The quantitative estimate of drug-likeness (QED) is 0.309. The fraction of sp³-hybridized carbons (Fsp3) is 0.667. The zero-order chi connectivity index (χ0) is 17.3. The largest absolute Gasteiger partial charge is 0.480 e. The van der Waals surface area contributed by atoms with Gasteiger partial charge in [-0.1, -0.05) is 0 Å². The van der Waals surface area contributed by atoms with E-state index in [2.05, 4.69) is 10.6 Å². The lowest BCUT2D eigenvalue weighted by atomic mass is 10.1. The van der Waals surface area contributed by atoms with Gasteiger partial charge < -0.3 is 27.2 Å². The topological polar surface area (TPSA) is 165 Å². The van der Waals surface area contributed by atoms with Crippen molar-refractivity contribution in [1.82, 2.24) is 10.6 Å². The van der Waals surface area contributed by atoms with E-state index in [1.165, 1.54) is 18.7 Å². The number of carboxylic acids is 1. The van der Waals surface area contributed by atoms with Crippen LogP contribution in [-0.4, -0.2) is 58.9 Å². The second kappa shape index (κ2) is 10.0. The molecule has 0 saturated heterocycles. The summed E-state index contributed by atoms with van der Waals surface area (Å²) in [6.45, 7) is 1.31. The summed E-state index contributed by atoms with van der Waals surface area (Å²) in [5.41, 5.74) is 10.5. The molecule has 0 spiro atoms. The maximum atomic E-state index is 12.0. The summed E-state index contributed by atoms with van der Waals surface area (Å²) in [5, 5.41) is 13.5. The zero-order valence-corrected chi connectivity index (χ0v) is 13.3. The minimum Gasteiger partial charge on any atom is -0.480 e. The molecule has 0 radical (unpaired) electrons. The molecule has 0 aromatic heterocycles. The molecule has 0 aromatic rings. The summed E-state index contributed by atoms with van der Waals surface area (Å²) in [5.74, 6) is -2.65. The van der Waals surface area contributed by atoms with Crippen molar-refractivity contribution in [2.75, 3.05) is 12.0 Å². The fourth-order valence-electron chi connectivity index (χ4n) is 1.47. The van der Waals surface area contributed by atoms with Crippen LogP contribution in [0, 0.1) is 0 Å². The lowest BCUT2D eigenvalue weighted by molar-refractivity contribution is -0.141. The second-order valence-electron chi connectivity index (χ2n) is 4.69. The number of carbonyl (C=O) groups excluding carboxylic acids is 3. The molecule has 3 unspecified atom stereocenters. The molecule has 0 heterocycles. The van der Waals surface area contributed by atoms with E-state index in [9.17, 15) is 19.2 Å². The Bertz CT molecular complexity index is 432. The van der Waals surface area contributed by atoms with Crippen LogP contribution in [0.2, 0.25) is 0 Å². The number of aliphatic carboxylic acids is 1. The number of hydrogen-bond donors (Lipinski definition) is 5. The maximum Gasteiger partial charge on any atom is 0.325 e. The molecule has 0 bridgehead atoms. The molecular formula is C12H22N4O5S. The van der Waals surface area contributed by atoms with Crippen molar-refractivity contribution in [3.8, 4) is 0 Å². The first kappa shape index (κ1) is 20.2. The van der Waals surface area contributed by atoms with Crippen LogP contribution in [0.5, 0.6) is 0 Å². The normalized spacial score (nSPS) is 14.5. The van der Waals surface area contributed by atoms with Crippen molar-refractivity contribution in [3.63, 3.8) is 0 Å². The summed E-state index contributed by atoms with van der Waals surface area (Å²) in [7, 11) is 0. The van der Waals surface area contributed by atoms with Gasteiger partial charge >= 0.3 is 5.97 Å². The van der Waals surface area contributed by atoms with Crippen molar-refractivity contribution in [3.05, 3.63) is 0 Å². The Labute approximate surface area is 132 Å². The molecule has 126 valence electrons. The van der Waals surface area contributed by atoms with Gasteiger partial charge in [0.25, 0.3) is 0 Å². The van der Waals surface area contributed by atoms with E-state index < -0.39 is 41.8 Å². The van der Waals surface area contributed by atoms with Gasteiger partial charge in [0.2, 0.25) is 17.7 Å². The van der Waals surface area contributed by atoms with E-state index in [0.717, 1.165) is 0 Å². The number of nitrogens with one attached hydrogen (secondary N) is 2. The molecule has 0 aliphatic carbocycles. The average molecular weight is 334 g/mol. The van der Waals surface area contributed by atoms with Gasteiger partial charge in [0.05, 0.1) is 12.5 Å². The molecule has 22 heavy (non-hydrogen) atoms. The maximum absolute atomic E-state index is 12.0. The molecular weight excluding hydrogens is 312 g/mol. The van der Waals surface area contributed by atoms with E-state index in [-0.39, 0.29) is 6.42 Å². The van der Waals surface area contributed by atoms with Crippen molar-refractivity contribution < 1.29 is 24.3 Å². The minimum atomic E-state index is -1.19. The molecule has 0 aliphatic heterocycles. The Morgan fingerprint density at radius 3 is 2.23 bits per heavy atom. The molecule has 9 nitrogen and oxygen atoms in total. The number of primary amides is 1. The highest BCUT2D eigenvalue weighted by Gasteiger charge is 2.26. The summed E-state index contributed by atoms with van der Waals surface area (Å²) in [6.07, 6.45) is 1.79. The number of nitrogens with two attached hydrogens (primary N) is 2. The Morgan fingerprint density at radius 2 is 1.77 bits per heavy atom. The minimum absolute atomic E-state index is 0.300. The molecule has 0 aliphatic rings. The van der Waals surface area contributed by atoms with Gasteiger partial charge in [-0.2, -0.15) is 11.8 Å². The lowest BCUT2D eigenvalue weighted by Gasteiger charge is -2.21.